The molecule has 0 unspecified atom stereocenters. The molecule has 0 radical (unpaired) electrons. The minimum atomic E-state index is -4.71. The van der Waals surface area contributed by atoms with Crippen LogP contribution >= 0.6 is 0 Å². The van der Waals surface area contributed by atoms with E-state index in [4.69, 9.17) is 4.74 Å². The molecule has 1 aromatic carbocycles. The standard InChI is InChI=1S/C11H11F3O3/c12-11(13,14)17-7-6-10(15)16-8-9-4-2-1-3-5-9/h1-5H,6-8H2. The van der Waals surface area contributed by atoms with Gasteiger partial charge in [-0.3, -0.25) is 9.53 Å². The van der Waals surface area contributed by atoms with E-state index in [-0.39, 0.29) is 6.61 Å². The molecular formula is C11H11F3O3. The number of ether oxygens (including phenoxy) is 2. The predicted molar refractivity (Wildman–Crippen MR) is 52.9 cm³/mol. The smallest absolute Gasteiger partial charge is 0.461 e. The van der Waals surface area contributed by atoms with Gasteiger partial charge in [0.2, 0.25) is 0 Å². The maximum absolute atomic E-state index is 11.6. The molecular weight excluding hydrogens is 237 g/mol. The van der Waals surface area contributed by atoms with Crippen molar-refractivity contribution in [1.82, 2.24) is 0 Å². The third kappa shape index (κ3) is 6.57. The Morgan fingerprint density at radius 3 is 2.41 bits per heavy atom. The average Bonchev–Trinajstić information content (AvgIpc) is 2.26. The lowest BCUT2D eigenvalue weighted by Gasteiger charge is -2.07. The fraction of sp³-hybridized carbons (Fsp3) is 0.364. The van der Waals surface area contributed by atoms with Crippen LogP contribution in [0.15, 0.2) is 30.3 Å². The fourth-order valence-electron chi connectivity index (χ4n) is 1.06. The summed E-state index contributed by atoms with van der Waals surface area (Å²) >= 11 is 0. The molecule has 3 nitrogen and oxygen atoms in total. The molecule has 17 heavy (non-hydrogen) atoms. The molecule has 0 heterocycles. The third-order valence-electron chi connectivity index (χ3n) is 1.81. The number of carbonyl (C=O) groups excluding carboxylic acids is 1. The van der Waals surface area contributed by atoms with Gasteiger partial charge in [0.05, 0.1) is 13.0 Å². The number of rotatable bonds is 5. The summed E-state index contributed by atoms with van der Waals surface area (Å²) < 4.78 is 43.0. The molecule has 1 aromatic rings. The largest absolute Gasteiger partial charge is 0.522 e. The van der Waals surface area contributed by atoms with Gasteiger partial charge in [-0.05, 0) is 5.56 Å². The van der Waals surface area contributed by atoms with Crippen LogP contribution in [-0.4, -0.2) is 18.9 Å². The van der Waals surface area contributed by atoms with E-state index in [0.29, 0.717) is 0 Å². The van der Waals surface area contributed by atoms with Crippen molar-refractivity contribution in [3.05, 3.63) is 35.9 Å². The zero-order valence-electron chi connectivity index (χ0n) is 8.87. The van der Waals surface area contributed by atoms with Crippen molar-refractivity contribution in [2.45, 2.75) is 19.4 Å². The summed E-state index contributed by atoms with van der Waals surface area (Å²) in [5.41, 5.74) is 0.776. The highest BCUT2D eigenvalue weighted by molar-refractivity contribution is 5.69. The molecule has 1 rings (SSSR count). The molecule has 0 saturated heterocycles. The molecule has 94 valence electrons. The topological polar surface area (TPSA) is 35.5 Å². The van der Waals surface area contributed by atoms with Crippen LogP contribution in [0.3, 0.4) is 0 Å². The molecule has 0 atom stereocenters. The monoisotopic (exact) mass is 248 g/mol. The number of esters is 1. The van der Waals surface area contributed by atoms with Crippen molar-refractivity contribution in [3.8, 4) is 0 Å². The first-order valence-electron chi connectivity index (χ1n) is 4.87. The number of alkyl halides is 3. The predicted octanol–water partition coefficient (Wildman–Crippen LogP) is 2.66. The van der Waals surface area contributed by atoms with Crippen LogP contribution in [0, 0.1) is 0 Å². The molecule has 0 aliphatic heterocycles. The van der Waals surface area contributed by atoms with Gasteiger partial charge in [-0.15, -0.1) is 13.2 Å². The summed E-state index contributed by atoms with van der Waals surface area (Å²) in [7, 11) is 0. The Hall–Kier alpha value is -1.56. The summed E-state index contributed by atoms with van der Waals surface area (Å²) in [6.07, 6.45) is -5.13. The zero-order valence-corrected chi connectivity index (χ0v) is 8.87. The molecule has 0 spiro atoms. The molecule has 0 fully saturated rings. The number of halogens is 3. The Bertz CT molecular complexity index is 349. The SMILES string of the molecule is O=C(CCOC(F)(F)F)OCc1ccccc1. The van der Waals surface area contributed by atoms with Crippen LogP contribution in [0.2, 0.25) is 0 Å². The molecule has 0 aliphatic carbocycles. The first-order valence-corrected chi connectivity index (χ1v) is 4.87. The van der Waals surface area contributed by atoms with E-state index in [2.05, 4.69) is 4.74 Å². The van der Waals surface area contributed by atoms with Gasteiger partial charge < -0.3 is 4.74 Å². The van der Waals surface area contributed by atoms with Crippen molar-refractivity contribution in [2.24, 2.45) is 0 Å². The molecule has 6 heteroatoms. The van der Waals surface area contributed by atoms with Crippen LogP contribution in [-0.2, 0) is 20.9 Å². The van der Waals surface area contributed by atoms with Gasteiger partial charge in [-0.25, -0.2) is 0 Å². The lowest BCUT2D eigenvalue weighted by molar-refractivity contribution is -0.324. The van der Waals surface area contributed by atoms with Gasteiger partial charge in [-0.2, -0.15) is 0 Å². The molecule has 0 amide bonds. The van der Waals surface area contributed by atoms with E-state index < -0.39 is 25.4 Å². The van der Waals surface area contributed by atoms with E-state index in [9.17, 15) is 18.0 Å². The highest BCUT2D eigenvalue weighted by atomic mass is 19.4. The molecule has 0 bridgehead atoms. The normalized spacial score (nSPS) is 11.2. The highest BCUT2D eigenvalue weighted by Crippen LogP contribution is 2.16. The van der Waals surface area contributed by atoms with Crippen molar-refractivity contribution in [1.29, 1.82) is 0 Å². The molecule has 0 aliphatic rings. The quantitative estimate of drug-likeness (QED) is 0.751. The Kier molecular flexibility index (Phi) is 4.96. The third-order valence-corrected chi connectivity index (χ3v) is 1.81. The Labute approximate surface area is 96.1 Å². The van der Waals surface area contributed by atoms with E-state index in [1.165, 1.54) is 0 Å². The van der Waals surface area contributed by atoms with Gasteiger partial charge in [0.1, 0.15) is 6.61 Å². The van der Waals surface area contributed by atoms with E-state index in [0.717, 1.165) is 5.56 Å². The average molecular weight is 248 g/mol. The number of hydrogen-bond acceptors (Lipinski definition) is 3. The highest BCUT2D eigenvalue weighted by Gasteiger charge is 2.29. The summed E-state index contributed by atoms with van der Waals surface area (Å²) in [5, 5.41) is 0. The Morgan fingerprint density at radius 2 is 1.82 bits per heavy atom. The lowest BCUT2D eigenvalue weighted by Crippen LogP contribution is -2.17. The fourth-order valence-corrected chi connectivity index (χ4v) is 1.06. The maximum Gasteiger partial charge on any atom is 0.522 e. The minimum Gasteiger partial charge on any atom is -0.461 e. The molecule has 0 aromatic heterocycles. The zero-order chi connectivity index (χ0) is 12.7. The van der Waals surface area contributed by atoms with E-state index in [1.54, 1.807) is 24.3 Å². The molecule has 0 saturated carbocycles. The second-order valence-corrected chi connectivity index (χ2v) is 3.19. The van der Waals surface area contributed by atoms with E-state index >= 15 is 0 Å². The van der Waals surface area contributed by atoms with Gasteiger partial charge in [0.25, 0.3) is 0 Å². The summed E-state index contributed by atoms with van der Waals surface area (Å²) in [6.45, 7) is -0.678. The number of hydrogen-bond donors (Lipinski definition) is 0. The van der Waals surface area contributed by atoms with Crippen LogP contribution in [0.4, 0.5) is 13.2 Å². The van der Waals surface area contributed by atoms with Crippen molar-refractivity contribution >= 4 is 5.97 Å². The second kappa shape index (κ2) is 6.24. The van der Waals surface area contributed by atoms with Gasteiger partial charge in [-0.1, -0.05) is 30.3 Å². The van der Waals surface area contributed by atoms with Gasteiger partial charge >= 0.3 is 12.3 Å². The number of benzene rings is 1. The second-order valence-electron chi connectivity index (χ2n) is 3.19. The van der Waals surface area contributed by atoms with E-state index in [1.807, 2.05) is 6.07 Å². The lowest BCUT2D eigenvalue weighted by atomic mass is 10.2. The van der Waals surface area contributed by atoms with Crippen molar-refractivity contribution in [3.63, 3.8) is 0 Å². The van der Waals surface area contributed by atoms with Gasteiger partial charge in [0.15, 0.2) is 0 Å². The van der Waals surface area contributed by atoms with Crippen molar-refractivity contribution < 1.29 is 27.4 Å². The molecule has 0 N–H and O–H groups in total. The number of carbonyl (C=O) groups is 1. The van der Waals surface area contributed by atoms with Gasteiger partial charge in [0, 0.05) is 0 Å². The Balaban J connectivity index is 2.18. The first-order chi connectivity index (χ1) is 7.97. The maximum atomic E-state index is 11.6. The first kappa shape index (κ1) is 13.5. The van der Waals surface area contributed by atoms with Crippen LogP contribution in [0.25, 0.3) is 0 Å². The summed E-state index contributed by atoms with van der Waals surface area (Å²) in [6, 6.07) is 8.85. The Morgan fingerprint density at radius 1 is 1.18 bits per heavy atom. The minimum absolute atomic E-state index is 0.0473. The van der Waals surface area contributed by atoms with Crippen LogP contribution < -0.4 is 0 Å². The van der Waals surface area contributed by atoms with Crippen LogP contribution in [0.1, 0.15) is 12.0 Å². The van der Waals surface area contributed by atoms with Crippen molar-refractivity contribution in [2.75, 3.05) is 6.61 Å². The van der Waals surface area contributed by atoms with Crippen LogP contribution in [0.5, 0.6) is 0 Å². The summed E-state index contributed by atoms with van der Waals surface area (Å²) in [4.78, 5) is 11.0. The summed E-state index contributed by atoms with van der Waals surface area (Å²) in [5.74, 6) is -0.724.